The van der Waals surface area contributed by atoms with Gasteiger partial charge in [-0.05, 0) is 71.1 Å². The molecule has 1 aliphatic rings. The molecule has 0 fully saturated rings. The van der Waals surface area contributed by atoms with Gasteiger partial charge in [-0.25, -0.2) is 0 Å². The summed E-state index contributed by atoms with van der Waals surface area (Å²) < 4.78 is 3.53. The van der Waals surface area contributed by atoms with E-state index in [1.54, 1.807) is 0 Å². The van der Waals surface area contributed by atoms with Crippen LogP contribution in [0.5, 0.6) is 0 Å². The number of rotatable bonds is 1. The fourth-order valence-corrected chi connectivity index (χ4v) is 5.66. The Bertz CT molecular complexity index is 1440. The summed E-state index contributed by atoms with van der Waals surface area (Å²) in [6.07, 6.45) is 0.997. The molecule has 2 heteroatoms. The first-order valence-corrected chi connectivity index (χ1v) is 11.2. The Morgan fingerprint density at radius 3 is 2.27 bits per heavy atom. The molecule has 0 spiro atoms. The minimum Gasteiger partial charge on any atom is -0.309 e. The molecule has 0 saturated heterocycles. The molecule has 0 unspecified atom stereocenters. The molecular formula is C28H22BrN. The molecule has 4 aromatic carbocycles. The quantitative estimate of drug-likeness (QED) is 0.245. The lowest BCUT2D eigenvalue weighted by Gasteiger charge is -2.35. The number of fused-ring (bicyclic) bond motifs is 5. The van der Waals surface area contributed by atoms with Crippen LogP contribution in [0.15, 0.2) is 89.4 Å². The van der Waals surface area contributed by atoms with E-state index >= 15 is 0 Å². The predicted octanol–water partition coefficient (Wildman–Crippen LogP) is 7.78. The molecule has 146 valence electrons. The van der Waals surface area contributed by atoms with Crippen LogP contribution in [0.1, 0.15) is 36.1 Å². The molecule has 0 bridgehead atoms. The van der Waals surface area contributed by atoms with Crippen molar-refractivity contribution >= 4 is 37.7 Å². The van der Waals surface area contributed by atoms with Crippen LogP contribution in [0, 0.1) is 0 Å². The molecular weight excluding hydrogens is 430 g/mol. The van der Waals surface area contributed by atoms with E-state index in [2.05, 4.69) is 119 Å². The van der Waals surface area contributed by atoms with Crippen LogP contribution in [0.3, 0.4) is 0 Å². The highest BCUT2D eigenvalue weighted by Crippen LogP contribution is 2.44. The van der Waals surface area contributed by atoms with Gasteiger partial charge in [-0.3, -0.25) is 0 Å². The smallest absolute Gasteiger partial charge is 0.0544 e. The Hall–Kier alpha value is -2.84. The lowest BCUT2D eigenvalue weighted by molar-refractivity contribution is 0.611. The van der Waals surface area contributed by atoms with E-state index in [-0.39, 0.29) is 5.41 Å². The average Bonchev–Trinajstić information content (AvgIpc) is 3.06. The normalized spacial score (nSPS) is 14.6. The zero-order valence-corrected chi connectivity index (χ0v) is 18.7. The average molecular weight is 452 g/mol. The highest BCUT2D eigenvalue weighted by atomic mass is 79.9. The zero-order chi connectivity index (χ0) is 20.5. The van der Waals surface area contributed by atoms with Crippen LogP contribution in [0.2, 0.25) is 0 Å². The topological polar surface area (TPSA) is 4.93 Å². The Labute approximate surface area is 185 Å². The molecule has 30 heavy (non-hydrogen) atoms. The molecule has 6 rings (SSSR count). The lowest BCUT2D eigenvalue weighted by Crippen LogP contribution is -2.27. The predicted molar refractivity (Wildman–Crippen MR) is 130 cm³/mol. The van der Waals surface area contributed by atoms with Crippen molar-refractivity contribution in [2.45, 2.75) is 25.7 Å². The molecule has 0 N–H and O–H groups in total. The van der Waals surface area contributed by atoms with Crippen molar-refractivity contribution in [3.63, 3.8) is 0 Å². The summed E-state index contributed by atoms with van der Waals surface area (Å²) in [4.78, 5) is 0. The number of nitrogens with zero attached hydrogens (tertiary/aromatic N) is 1. The molecule has 1 heterocycles. The standard InChI is InChI=1S/C28H22BrN/c1-28(2)24-11-7-6-8-18(24)14-19-15-22-23-16-20(29)12-13-26(23)30(27(22)17-25(19)28)21-9-4-3-5-10-21/h3-13,15-17H,14H2,1-2H3. The van der Waals surface area contributed by atoms with Gasteiger partial charge >= 0.3 is 0 Å². The number of halogens is 1. The second kappa shape index (κ2) is 6.33. The van der Waals surface area contributed by atoms with Gasteiger partial charge in [-0.1, -0.05) is 72.2 Å². The Balaban J connectivity index is 1.74. The lowest BCUT2D eigenvalue weighted by atomic mass is 9.69. The SMILES string of the molecule is CC1(C)c2ccccc2Cc2cc3c4cc(Br)ccc4n(-c4ccccc4)c3cc21. The van der Waals surface area contributed by atoms with Crippen LogP contribution in [0.25, 0.3) is 27.5 Å². The Morgan fingerprint density at radius 1 is 0.700 bits per heavy atom. The number of para-hydroxylation sites is 1. The van der Waals surface area contributed by atoms with Crippen molar-refractivity contribution in [2.24, 2.45) is 0 Å². The molecule has 0 saturated carbocycles. The molecule has 1 aliphatic carbocycles. The van der Waals surface area contributed by atoms with Crippen LogP contribution in [0.4, 0.5) is 0 Å². The summed E-state index contributed by atoms with van der Waals surface area (Å²) in [7, 11) is 0. The third-order valence-electron chi connectivity index (χ3n) is 6.71. The first-order chi connectivity index (χ1) is 14.5. The summed E-state index contributed by atoms with van der Waals surface area (Å²) in [6.45, 7) is 4.73. The van der Waals surface area contributed by atoms with Gasteiger partial charge in [0.1, 0.15) is 0 Å². The maximum Gasteiger partial charge on any atom is 0.0544 e. The van der Waals surface area contributed by atoms with E-state index in [0.717, 1.165) is 10.9 Å². The number of hydrogen-bond acceptors (Lipinski definition) is 0. The molecule has 0 atom stereocenters. The van der Waals surface area contributed by atoms with Crippen molar-refractivity contribution in [2.75, 3.05) is 0 Å². The molecule has 0 aliphatic heterocycles. The molecule has 0 amide bonds. The number of benzene rings is 4. The van der Waals surface area contributed by atoms with Crippen molar-refractivity contribution in [1.29, 1.82) is 0 Å². The molecule has 1 aromatic heterocycles. The van der Waals surface area contributed by atoms with Gasteiger partial charge in [0.05, 0.1) is 11.0 Å². The fraction of sp³-hybridized carbons (Fsp3) is 0.143. The zero-order valence-electron chi connectivity index (χ0n) is 17.1. The van der Waals surface area contributed by atoms with E-state index in [1.807, 2.05) is 0 Å². The minimum atomic E-state index is -0.0169. The first-order valence-electron chi connectivity index (χ1n) is 10.4. The molecule has 1 nitrogen and oxygen atoms in total. The van der Waals surface area contributed by atoms with Crippen molar-refractivity contribution in [3.05, 3.63) is 112 Å². The van der Waals surface area contributed by atoms with Gasteiger partial charge in [0.25, 0.3) is 0 Å². The van der Waals surface area contributed by atoms with Crippen molar-refractivity contribution in [3.8, 4) is 5.69 Å². The van der Waals surface area contributed by atoms with Crippen molar-refractivity contribution < 1.29 is 0 Å². The first kappa shape index (κ1) is 18.0. The number of hydrogen-bond donors (Lipinski definition) is 0. The van der Waals surface area contributed by atoms with Gasteiger partial charge in [0.15, 0.2) is 0 Å². The van der Waals surface area contributed by atoms with E-state index < -0.39 is 0 Å². The van der Waals surface area contributed by atoms with E-state index in [9.17, 15) is 0 Å². The van der Waals surface area contributed by atoms with Gasteiger partial charge < -0.3 is 4.57 Å². The molecule has 5 aromatic rings. The van der Waals surface area contributed by atoms with E-state index in [1.165, 1.54) is 49.7 Å². The summed E-state index contributed by atoms with van der Waals surface area (Å²) >= 11 is 3.69. The second-order valence-corrected chi connectivity index (χ2v) is 9.73. The second-order valence-electron chi connectivity index (χ2n) is 8.82. The van der Waals surface area contributed by atoms with Gasteiger partial charge in [0.2, 0.25) is 0 Å². The van der Waals surface area contributed by atoms with Crippen LogP contribution < -0.4 is 0 Å². The monoisotopic (exact) mass is 451 g/mol. The summed E-state index contributed by atoms with van der Waals surface area (Å²) in [5.74, 6) is 0. The third-order valence-corrected chi connectivity index (χ3v) is 7.20. The fourth-order valence-electron chi connectivity index (χ4n) is 5.30. The Morgan fingerprint density at radius 2 is 1.43 bits per heavy atom. The molecule has 0 radical (unpaired) electrons. The highest BCUT2D eigenvalue weighted by molar-refractivity contribution is 9.10. The van der Waals surface area contributed by atoms with Gasteiger partial charge in [0, 0.05) is 26.3 Å². The van der Waals surface area contributed by atoms with Crippen LogP contribution in [-0.2, 0) is 11.8 Å². The maximum atomic E-state index is 3.69. The van der Waals surface area contributed by atoms with Crippen molar-refractivity contribution in [1.82, 2.24) is 4.57 Å². The van der Waals surface area contributed by atoms with E-state index in [0.29, 0.717) is 0 Å². The summed E-state index contributed by atoms with van der Waals surface area (Å²) in [5.41, 5.74) is 9.48. The Kier molecular flexibility index (Phi) is 3.79. The van der Waals surface area contributed by atoms with Crippen LogP contribution in [-0.4, -0.2) is 4.57 Å². The summed E-state index contributed by atoms with van der Waals surface area (Å²) in [5, 5.41) is 2.62. The highest BCUT2D eigenvalue weighted by Gasteiger charge is 2.33. The van der Waals surface area contributed by atoms with Crippen LogP contribution >= 0.6 is 15.9 Å². The van der Waals surface area contributed by atoms with Gasteiger partial charge in [-0.2, -0.15) is 0 Å². The maximum absolute atomic E-state index is 3.69. The van der Waals surface area contributed by atoms with E-state index in [4.69, 9.17) is 0 Å². The van der Waals surface area contributed by atoms with Gasteiger partial charge in [-0.15, -0.1) is 0 Å². The summed E-state index contributed by atoms with van der Waals surface area (Å²) in [6, 6.07) is 31.1. The largest absolute Gasteiger partial charge is 0.309 e. The minimum absolute atomic E-state index is 0.0169. The number of aromatic nitrogens is 1. The third kappa shape index (κ3) is 2.47.